The van der Waals surface area contributed by atoms with Crippen molar-refractivity contribution >= 4 is 40.0 Å². The van der Waals surface area contributed by atoms with Gasteiger partial charge in [0.15, 0.2) is 0 Å². The van der Waals surface area contributed by atoms with Gasteiger partial charge in [0.2, 0.25) is 10.0 Å². The summed E-state index contributed by atoms with van der Waals surface area (Å²) in [7, 11) is -3.82. The van der Waals surface area contributed by atoms with E-state index in [9.17, 15) is 17.6 Å². The van der Waals surface area contributed by atoms with Gasteiger partial charge in [-0.25, -0.2) is 12.8 Å². The van der Waals surface area contributed by atoms with Crippen LogP contribution in [0, 0.1) is 11.7 Å². The van der Waals surface area contributed by atoms with Crippen LogP contribution in [0.3, 0.4) is 0 Å². The molecule has 0 bridgehead atoms. The molecule has 1 aliphatic rings. The van der Waals surface area contributed by atoms with Crippen LogP contribution >= 0.6 is 24.0 Å². The van der Waals surface area contributed by atoms with Crippen LogP contribution in [0.5, 0.6) is 0 Å². The predicted octanol–water partition coefficient (Wildman–Crippen LogP) is 1.98. The lowest BCUT2D eigenvalue weighted by atomic mass is 10.00. The van der Waals surface area contributed by atoms with Gasteiger partial charge in [-0.2, -0.15) is 4.31 Å². The molecule has 10 heteroatoms. The third-order valence-electron chi connectivity index (χ3n) is 3.66. The molecule has 0 aliphatic carbocycles. The lowest BCUT2D eigenvalue weighted by molar-refractivity contribution is -0.136. The second-order valence-electron chi connectivity index (χ2n) is 5.50. The first-order valence-corrected chi connectivity index (χ1v) is 8.99. The Hall–Kier alpha value is -0.930. The summed E-state index contributed by atoms with van der Waals surface area (Å²) in [6.07, 6.45) is 1.48. The minimum absolute atomic E-state index is 0. The zero-order valence-electron chi connectivity index (χ0n) is 12.7. The Balaban J connectivity index is 0.00000288. The number of carboxylic acids is 1. The largest absolute Gasteiger partial charge is 0.480 e. The normalized spacial score (nSPS) is 18.8. The maximum atomic E-state index is 13.4. The van der Waals surface area contributed by atoms with Crippen molar-refractivity contribution in [2.24, 2.45) is 5.92 Å². The molecule has 6 nitrogen and oxygen atoms in total. The highest BCUT2D eigenvalue weighted by Crippen LogP contribution is 2.26. The van der Waals surface area contributed by atoms with E-state index in [4.69, 9.17) is 16.7 Å². The molecular weight excluding hydrogens is 382 g/mol. The summed E-state index contributed by atoms with van der Waals surface area (Å²) < 4.78 is 39.9. The predicted molar refractivity (Wildman–Crippen MR) is 90.6 cm³/mol. The number of hydrogen-bond donors (Lipinski definition) is 2. The second-order valence-corrected chi connectivity index (χ2v) is 7.88. The van der Waals surface area contributed by atoms with Gasteiger partial charge >= 0.3 is 5.97 Å². The standard InChI is InChI=1S/C14H18ClFN2O4S.ClH/c15-11-4-12(16)6-13(5-11)23(21,22)18-3-1-2-10(9-18)7-17-8-14(19)20;/h4-6,10,17H,1-3,7-9H2,(H,19,20);1H. The van der Waals surface area contributed by atoms with Gasteiger partial charge in [-0.1, -0.05) is 11.6 Å². The maximum Gasteiger partial charge on any atom is 0.317 e. The number of aliphatic carboxylic acids is 1. The van der Waals surface area contributed by atoms with Gasteiger partial charge in [-0.3, -0.25) is 4.79 Å². The molecule has 136 valence electrons. The van der Waals surface area contributed by atoms with Gasteiger partial charge < -0.3 is 10.4 Å². The summed E-state index contributed by atoms with van der Waals surface area (Å²) in [5.74, 6) is -1.64. The molecule has 1 fully saturated rings. The molecule has 1 aromatic carbocycles. The summed E-state index contributed by atoms with van der Waals surface area (Å²) in [4.78, 5) is 10.3. The summed E-state index contributed by atoms with van der Waals surface area (Å²) in [5.41, 5.74) is 0. The minimum Gasteiger partial charge on any atom is -0.480 e. The summed E-state index contributed by atoms with van der Waals surface area (Å²) in [6, 6.07) is 3.23. The van der Waals surface area contributed by atoms with Crippen LogP contribution in [-0.4, -0.2) is 50.0 Å². The molecule has 1 unspecified atom stereocenters. The second kappa shape index (κ2) is 8.96. The zero-order valence-corrected chi connectivity index (χ0v) is 15.1. The SMILES string of the molecule is Cl.O=C(O)CNCC1CCCN(S(=O)(=O)c2cc(F)cc(Cl)c2)C1. The number of carbonyl (C=O) groups is 1. The highest BCUT2D eigenvalue weighted by molar-refractivity contribution is 7.89. The Morgan fingerprint density at radius 2 is 2.12 bits per heavy atom. The third-order valence-corrected chi connectivity index (χ3v) is 5.73. The van der Waals surface area contributed by atoms with Gasteiger partial charge in [0.1, 0.15) is 5.82 Å². The van der Waals surface area contributed by atoms with E-state index in [2.05, 4.69) is 5.32 Å². The number of benzene rings is 1. The lowest BCUT2D eigenvalue weighted by Crippen LogP contribution is -2.43. The molecule has 1 heterocycles. The van der Waals surface area contributed by atoms with Crippen LogP contribution in [0.25, 0.3) is 0 Å². The van der Waals surface area contributed by atoms with E-state index in [0.717, 1.165) is 18.6 Å². The third kappa shape index (κ3) is 5.56. The highest BCUT2D eigenvalue weighted by Gasteiger charge is 2.30. The Kier molecular flexibility index (Phi) is 7.88. The molecule has 2 rings (SSSR count). The van der Waals surface area contributed by atoms with Crippen LogP contribution in [0.1, 0.15) is 12.8 Å². The average molecular weight is 401 g/mol. The topological polar surface area (TPSA) is 86.7 Å². The lowest BCUT2D eigenvalue weighted by Gasteiger charge is -2.32. The number of piperidine rings is 1. The smallest absolute Gasteiger partial charge is 0.317 e. The fourth-order valence-electron chi connectivity index (χ4n) is 2.62. The van der Waals surface area contributed by atoms with Gasteiger partial charge in [0.25, 0.3) is 0 Å². The Labute approximate surface area is 151 Å². The molecule has 1 saturated heterocycles. The summed E-state index contributed by atoms with van der Waals surface area (Å²) in [6.45, 7) is 0.875. The zero-order chi connectivity index (χ0) is 17.0. The fraction of sp³-hybridized carbons (Fsp3) is 0.500. The fourth-order valence-corrected chi connectivity index (χ4v) is 4.52. The molecule has 0 radical (unpaired) electrons. The van der Waals surface area contributed by atoms with E-state index in [1.54, 1.807) is 0 Å². The molecule has 2 N–H and O–H groups in total. The van der Waals surface area contributed by atoms with E-state index < -0.39 is 21.8 Å². The highest BCUT2D eigenvalue weighted by atomic mass is 35.5. The van der Waals surface area contributed by atoms with Gasteiger partial charge in [0, 0.05) is 18.1 Å². The van der Waals surface area contributed by atoms with Crippen molar-refractivity contribution in [2.45, 2.75) is 17.7 Å². The minimum atomic E-state index is -3.82. The number of carboxylic acid groups (broad SMARTS) is 1. The number of rotatable bonds is 6. The Morgan fingerprint density at radius 3 is 2.75 bits per heavy atom. The first-order chi connectivity index (χ1) is 10.8. The molecule has 1 atom stereocenters. The Morgan fingerprint density at radius 1 is 1.42 bits per heavy atom. The number of nitrogens with zero attached hydrogens (tertiary/aromatic N) is 1. The van der Waals surface area contributed by atoms with Crippen molar-refractivity contribution in [1.29, 1.82) is 0 Å². The summed E-state index contributed by atoms with van der Waals surface area (Å²) in [5, 5.41) is 11.4. The molecule has 0 spiro atoms. The molecule has 0 amide bonds. The first-order valence-electron chi connectivity index (χ1n) is 7.18. The van der Waals surface area contributed by atoms with Crippen LogP contribution < -0.4 is 5.32 Å². The van der Waals surface area contributed by atoms with E-state index in [1.807, 2.05) is 0 Å². The van der Waals surface area contributed by atoms with Crippen molar-refractivity contribution in [3.05, 3.63) is 29.0 Å². The molecule has 0 saturated carbocycles. The van der Waals surface area contributed by atoms with Gasteiger partial charge in [-0.15, -0.1) is 12.4 Å². The van der Waals surface area contributed by atoms with Crippen LogP contribution in [0.4, 0.5) is 4.39 Å². The van der Waals surface area contributed by atoms with Crippen molar-refractivity contribution in [3.63, 3.8) is 0 Å². The molecular formula is C14H19Cl2FN2O4S. The number of sulfonamides is 1. The molecule has 1 aromatic rings. The van der Waals surface area contributed by atoms with E-state index in [0.29, 0.717) is 19.5 Å². The summed E-state index contributed by atoms with van der Waals surface area (Å²) >= 11 is 5.73. The van der Waals surface area contributed by atoms with Gasteiger partial charge in [-0.05, 0) is 43.5 Å². The van der Waals surface area contributed by atoms with Crippen LogP contribution in [0.2, 0.25) is 5.02 Å². The van der Waals surface area contributed by atoms with E-state index >= 15 is 0 Å². The number of halogens is 3. The molecule has 24 heavy (non-hydrogen) atoms. The van der Waals surface area contributed by atoms with Crippen LogP contribution in [-0.2, 0) is 14.8 Å². The Bertz CT molecular complexity index is 667. The first kappa shape index (κ1) is 21.1. The molecule has 0 aromatic heterocycles. The molecule has 1 aliphatic heterocycles. The quantitative estimate of drug-likeness (QED) is 0.761. The van der Waals surface area contributed by atoms with Gasteiger partial charge in [0.05, 0.1) is 11.4 Å². The van der Waals surface area contributed by atoms with Crippen molar-refractivity contribution in [1.82, 2.24) is 9.62 Å². The number of hydrogen-bond acceptors (Lipinski definition) is 4. The monoisotopic (exact) mass is 400 g/mol. The van der Waals surface area contributed by atoms with Crippen molar-refractivity contribution in [3.8, 4) is 0 Å². The van der Waals surface area contributed by atoms with E-state index in [-0.39, 0.29) is 41.3 Å². The van der Waals surface area contributed by atoms with Crippen molar-refractivity contribution in [2.75, 3.05) is 26.2 Å². The van der Waals surface area contributed by atoms with Crippen LogP contribution in [0.15, 0.2) is 23.1 Å². The number of nitrogens with one attached hydrogen (secondary N) is 1. The maximum absolute atomic E-state index is 13.4. The average Bonchev–Trinajstić information content (AvgIpc) is 2.46. The van der Waals surface area contributed by atoms with Crippen molar-refractivity contribution < 1.29 is 22.7 Å². The van der Waals surface area contributed by atoms with E-state index in [1.165, 1.54) is 10.4 Å².